The number of nitrogens with zero attached hydrogens (tertiary/aromatic N) is 1. The van der Waals surface area contributed by atoms with Crippen LogP contribution in [-0.2, 0) is 6.42 Å². The maximum atomic E-state index is 12.3. The van der Waals surface area contributed by atoms with Gasteiger partial charge in [-0.05, 0) is 18.2 Å². The van der Waals surface area contributed by atoms with Crippen LogP contribution >= 0.6 is 0 Å². The number of methoxy groups -OCH3 is 1. The molecular weight excluding hydrogens is 334 g/mol. The van der Waals surface area contributed by atoms with Crippen LogP contribution in [0.5, 0.6) is 5.75 Å². The fourth-order valence-electron chi connectivity index (χ4n) is 2.90. The minimum Gasteiger partial charge on any atom is -0.616 e. The molecule has 0 unspecified atom stereocenters. The smallest absolute Gasteiger partial charge is 0.361 e. The summed E-state index contributed by atoms with van der Waals surface area (Å²) < 4.78 is 11.5. The van der Waals surface area contributed by atoms with E-state index in [0.717, 1.165) is 15.6 Å². The van der Waals surface area contributed by atoms with Crippen LogP contribution in [0.1, 0.15) is 16.4 Å². The molecule has 7 nitrogen and oxygen atoms in total. The predicted molar refractivity (Wildman–Crippen MR) is 96.1 cm³/mol. The minimum absolute atomic E-state index is 0.226. The quantitative estimate of drug-likeness (QED) is 0.427. The number of rotatable bonds is 5. The Labute approximate surface area is 148 Å². The highest BCUT2D eigenvalue weighted by Gasteiger charge is 2.19. The van der Waals surface area contributed by atoms with Crippen molar-refractivity contribution in [3.05, 3.63) is 65.3 Å². The number of ether oxygens (including phenoxy) is 1. The van der Waals surface area contributed by atoms with Crippen LogP contribution in [0, 0.1) is 5.21 Å². The molecule has 2 aromatic carbocycles. The summed E-state index contributed by atoms with van der Waals surface area (Å²) >= 11 is 0. The van der Waals surface area contributed by atoms with E-state index < -0.39 is 0 Å². The number of amides is 1. The Balaban J connectivity index is 1.44. The average Bonchev–Trinajstić information content (AvgIpc) is 3.23. The van der Waals surface area contributed by atoms with Gasteiger partial charge in [0.2, 0.25) is 5.58 Å². The third-order valence-electron chi connectivity index (χ3n) is 4.24. The number of nitrogens with one attached hydrogen (secondary N) is 2. The van der Waals surface area contributed by atoms with Gasteiger partial charge >= 0.3 is 5.89 Å². The van der Waals surface area contributed by atoms with Gasteiger partial charge in [0, 0.05) is 29.6 Å². The first-order chi connectivity index (χ1) is 12.7. The highest BCUT2D eigenvalue weighted by molar-refractivity contribution is 5.97. The maximum absolute atomic E-state index is 12.3. The molecule has 0 bridgehead atoms. The molecule has 26 heavy (non-hydrogen) atoms. The van der Waals surface area contributed by atoms with Crippen LogP contribution in [0.3, 0.4) is 0 Å². The first kappa shape index (κ1) is 16.0. The van der Waals surface area contributed by atoms with Crippen LogP contribution in [0.25, 0.3) is 22.0 Å². The van der Waals surface area contributed by atoms with Gasteiger partial charge in [0.1, 0.15) is 11.4 Å². The van der Waals surface area contributed by atoms with E-state index in [1.54, 1.807) is 31.4 Å². The van der Waals surface area contributed by atoms with Crippen LogP contribution in [0.15, 0.2) is 52.9 Å². The molecule has 0 aliphatic carbocycles. The molecule has 0 fully saturated rings. The van der Waals surface area contributed by atoms with Gasteiger partial charge in [-0.1, -0.05) is 18.2 Å². The van der Waals surface area contributed by atoms with Gasteiger partial charge in [0.15, 0.2) is 0 Å². The number of aromatic amines is 1. The molecule has 4 rings (SSSR count). The second-order valence-corrected chi connectivity index (χ2v) is 5.90. The van der Waals surface area contributed by atoms with Crippen molar-refractivity contribution in [2.75, 3.05) is 13.7 Å². The van der Waals surface area contributed by atoms with Gasteiger partial charge in [-0.2, -0.15) is 0 Å². The van der Waals surface area contributed by atoms with Crippen molar-refractivity contribution >= 4 is 27.9 Å². The van der Waals surface area contributed by atoms with E-state index in [2.05, 4.69) is 10.3 Å². The van der Waals surface area contributed by atoms with E-state index in [9.17, 15) is 10.0 Å². The normalized spacial score (nSPS) is 11.1. The first-order valence-corrected chi connectivity index (χ1v) is 8.20. The van der Waals surface area contributed by atoms with Crippen molar-refractivity contribution in [3.8, 4) is 5.75 Å². The number of para-hydroxylation sites is 1. The molecule has 0 spiro atoms. The summed E-state index contributed by atoms with van der Waals surface area (Å²) in [4.78, 5) is 15.3. The van der Waals surface area contributed by atoms with E-state index >= 15 is 0 Å². The third-order valence-corrected chi connectivity index (χ3v) is 4.24. The summed E-state index contributed by atoms with van der Waals surface area (Å²) in [6, 6.07) is 14.5. The summed E-state index contributed by atoms with van der Waals surface area (Å²) in [6.07, 6.45) is 0.284. The van der Waals surface area contributed by atoms with Gasteiger partial charge in [-0.25, -0.2) is 0 Å². The Morgan fingerprint density at radius 1 is 1.27 bits per heavy atom. The van der Waals surface area contributed by atoms with E-state index in [1.807, 2.05) is 24.3 Å². The fraction of sp³-hybridized carbons (Fsp3) is 0.158. The largest absolute Gasteiger partial charge is 0.616 e. The summed E-state index contributed by atoms with van der Waals surface area (Å²) in [5, 5.41) is 16.0. The highest BCUT2D eigenvalue weighted by Crippen LogP contribution is 2.20. The molecule has 0 radical (unpaired) electrons. The topological polar surface area (TPSA) is 94.2 Å². The second-order valence-electron chi connectivity index (χ2n) is 5.90. The van der Waals surface area contributed by atoms with E-state index in [-0.39, 0.29) is 24.8 Å². The predicted octanol–water partition coefficient (Wildman–Crippen LogP) is 2.53. The zero-order chi connectivity index (χ0) is 18.1. The van der Waals surface area contributed by atoms with E-state index in [0.29, 0.717) is 22.5 Å². The molecule has 7 heteroatoms. The molecule has 2 heterocycles. The number of oxazole rings is 1. The Bertz CT molecular complexity index is 1060. The molecule has 2 N–H and O–H groups in total. The lowest BCUT2D eigenvalue weighted by atomic mass is 10.2. The molecule has 1 amide bonds. The Morgan fingerprint density at radius 2 is 2.12 bits per heavy atom. The molecule has 0 aliphatic rings. The van der Waals surface area contributed by atoms with Gasteiger partial charge < -0.3 is 24.7 Å². The SMILES string of the molecule is COc1ccc2c(c1)oc(CCNC(=O)c1cc3ccccc3[nH]1)[n+]2[O-]. The number of hydrogen-bond donors (Lipinski definition) is 2. The third kappa shape index (κ3) is 2.83. The number of benzene rings is 2. The maximum Gasteiger partial charge on any atom is 0.361 e. The molecule has 0 saturated carbocycles. The van der Waals surface area contributed by atoms with Crippen molar-refractivity contribution in [2.45, 2.75) is 6.42 Å². The van der Waals surface area contributed by atoms with Crippen molar-refractivity contribution in [1.82, 2.24) is 10.3 Å². The van der Waals surface area contributed by atoms with Crippen LogP contribution < -0.4 is 14.8 Å². The lowest BCUT2D eigenvalue weighted by Crippen LogP contribution is -2.33. The van der Waals surface area contributed by atoms with Gasteiger partial charge in [0.05, 0.1) is 13.5 Å². The standard InChI is InChI=1S/C19H17N3O4/c1-25-13-6-7-16-17(11-13)26-18(22(16)24)8-9-20-19(23)15-10-12-4-2-3-5-14(12)21-15/h2-7,10-11,21H,8-9H2,1H3,(H,20,23). The highest BCUT2D eigenvalue weighted by atomic mass is 16.5. The molecule has 132 valence electrons. The molecule has 0 atom stereocenters. The lowest BCUT2D eigenvalue weighted by molar-refractivity contribution is -0.592. The molecule has 0 aliphatic heterocycles. The number of carbonyl (C=O) groups excluding carboxylic acids is 1. The Kier molecular flexibility index (Phi) is 3.96. The molecule has 2 aromatic heterocycles. The Morgan fingerprint density at radius 3 is 2.92 bits per heavy atom. The van der Waals surface area contributed by atoms with Crippen LogP contribution in [-0.4, -0.2) is 24.5 Å². The van der Waals surface area contributed by atoms with Crippen molar-refractivity contribution in [3.63, 3.8) is 0 Å². The van der Waals surface area contributed by atoms with Crippen molar-refractivity contribution in [2.24, 2.45) is 0 Å². The average molecular weight is 351 g/mol. The van der Waals surface area contributed by atoms with Gasteiger partial charge in [-0.15, -0.1) is 4.73 Å². The Hall–Kier alpha value is -3.48. The lowest BCUT2D eigenvalue weighted by Gasteiger charge is -2.01. The van der Waals surface area contributed by atoms with Crippen molar-refractivity contribution in [1.29, 1.82) is 0 Å². The zero-order valence-electron chi connectivity index (χ0n) is 14.1. The summed E-state index contributed by atoms with van der Waals surface area (Å²) in [7, 11) is 1.55. The van der Waals surface area contributed by atoms with Gasteiger partial charge in [-0.3, -0.25) is 4.79 Å². The summed E-state index contributed by atoms with van der Waals surface area (Å²) in [5.41, 5.74) is 2.27. The number of carbonyl (C=O) groups is 1. The number of fused-ring (bicyclic) bond motifs is 2. The number of hydrogen-bond acceptors (Lipinski definition) is 4. The number of H-pyrrole nitrogens is 1. The molecule has 4 aromatic rings. The summed E-state index contributed by atoms with van der Waals surface area (Å²) in [6.45, 7) is 0.285. The fourth-order valence-corrected chi connectivity index (χ4v) is 2.90. The van der Waals surface area contributed by atoms with E-state index in [1.165, 1.54) is 0 Å². The monoisotopic (exact) mass is 351 g/mol. The first-order valence-electron chi connectivity index (χ1n) is 8.20. The van der Waals surface area contributed by atoms with Gasteiger partial charge in [0.25, 0.3) is 11.4 Å². The summed E-state index contributed by atoms with van der Waals surface area (Å²) in [5.74, 6) is 0.632. The molecule has 0 saturated heterocycles. The van der Waals surface area contributed by atoms with Crippen molar-refractivity contribution < 1.29 is 18.7 Å². The minimum atomic E-state index is -0.226. The van der Waals surface area contributed by atoms with Crippen LogP contribution in [0.2, 0.25) is 0 Å². The van der Waals surface area contributed by atoms with E-state index in [4.69, 9.17) is 9.15 Å². The molecular formula is C19H17N3O4. The second kappa shape index (κ2) is 6.44. The number of aromatic nitrogens is 2. The van der Waals surface area contributed by atoms with Crippen LogP contribution in [0.4, 0.5) is 0 Å². The zero-order valence-corrected chi connectivity index (χ0v) is 14.1.